The Kier molecular flexibility index (Phi) is 13.1. The van der Waals surface area contributed by atoms with Gasteiger partial charge in [-0.25, -0.2) is 4.79 Å². The maximum atomic E-state index is 12.1. The molecule has 1 aromatic heterocycles. The normalized spacial score (nSPS) is 17.4. The van der Waals surface area contributed by atoms with Crippen LogP contribution in [0.25, 0.3) is 11.3 Å². The molecule has 0 saturated carbocycles. The molecule has 222 valence electrons. The zero-order valence-electron chi connectivity index (χ0n) is 25.2. The number of esters is 1. The summed E-state index contributed by atoms with van der Waals surface area (Å²) in [5.74, 6) is 2.31. The van der Waals surface area contributed by atoms with Gasteiger partial charge in [0, 0.05) is 26.3 Å². The highest BCUT2D eigenvalue weighted by Gasteiger charge is 2.37. The second kappa shape index (κ2) is 16.0. The van der Waals surface area contributed by atoms with Gasteiger partial charge in [0.25, 0.3) is 0 Å². The lowest BCUT2D eigenvalue weighted by Gasteiger charge is -2.34. The Morgan fingerprint density at radius 3 is 2.38 bits per heavy atom. The van der Waals surface area contributed by atoms with Crippen LogP contribution in [0.15, 0.2) is 45.8 Å². The number of ether oxygens (including phenoxy) is 6. The molecule has 0 radical (unpaired) electrons. The highest BCUT2D eigenvalue weighted by atomic mass is 16.7. The van der Waals surface area contributed by atoms with Gasteiger partial charge in [-0.15, -0.1) is 0 Å². The molecular formula is C30H44N2O8. The summed E-state index contributed by atoms with van der Waals surface area (Å²) >= 11 is 0. The van der Waals surface area contributed by atoms with E-state index in [1.165, 1.54) is 7.11 Å². The van der Waals surface area contributed by atoms with Crippen LogP contribution in [0, 0.1) is 0 Å². The van der Waals surface area contributed by atoms with Crippen molar-refractivity contribution in [1.82, 2.24) is 4.90 Å². The Hall–Kier alpha value is -3.47. The van der Waals surface area contributed by atoms with Crippen LogP contribution in [0.2, 0.25) is 0 Å². The summed E-state index contributed by atoms with van der Waals surface area (Å²) in [5.41, 5.74) is 10.6. The molecule has 0 fully saturated rings. The maximum Gasteiger partial charge on any atom is 0.342 e. The van der Waals surface area contributed by atoms with Crippen molar-refractivity contribution in [3.63, 3.8) is 0 Å². The van der Waals surface area contributed by atoms with Gasteiger partial charge in [0.05, 0.1) is 25.1 Å². The molecule has 3 aliphatic heterocycles. The van der Waals surface area contributed by atoms with E-state index in [2.05, 4.69) is 9.64 Å². The summed E-state index contributed by atoms with van der Waals surface area (Å²) in [6.45, 7) is 11.1. The topological polar surface area (TPSA) is 115 Å². The fraction of sp³-hybridized carbons (Fsp3) is 0.500. The highest BCUT2D eigenvalue weighted by Crippen LogP contribution is 2.54. The minimum Gasteiger partial charge on any atom is -0.496 e. The van der Waals surface area contributed by atoms with Crippen LogP contribution in [-0.4, -0.2) is 65.8 Å². The zero-order chi connectivity index (χ0) is 29.8. The zero-order valence-corrected chi connectivity index (χ0v) is 25.2. The number of nitrogens with two attached hydrogens (primary N) is 1. The van der Waals surface area contributed by atoms with E-state index in [9.17, 15) is 4.79 Å². The second-order valence-electron chi connectivity index (χ2n) is 8.54. The number of cyclic esters (lactones) is 1. The van der Waals surface area contributed by atoms with E-state index in [1.54, 1.807) is 26.6 Å². The Morgan fingerprint density at radius 2 is 1.80 bits per heavy atom. The number of fused-ring (bicyclic) bond motifs is 2. The number of likely N-dealkylation sites (N-methyl/N-ethyl adjacent to an activating group) is 1. The van der Waals surface area contributed by atoms with Crippen molar-refractivity contribution in [2.24, 2.45) is 5.73 Å². The first kappa shape index (κ1) is 32.7. The third kappa shape index (κ3) is 6.80. The lowest BCUT2D eigenvalue weighted by Crippen LogP contribution is -2.38. The monoisotopic (exact) mass is 560 g/mol. The van der Waals surface area contributed by atoms with E-state index >= 15 is 0 Å². The molecule has 10 heteroatoms. The predicted octanol–water partition coefficient (Wildman–Crippen LogP) is 5.22. The first-order valence-corrected chi connectivity index (χ1v) is 13.5. The average molecular weight is 561 g/mol. The number of hydrogen-bond acceptors (Lipinski definition) is 10. The van der Waals surface area contributed by atoms with Gasteiger partial charge in [-0.2, -0.15) is 0 Å². The summed E-state index contributed by atoms with van der Waals surface area (Å²) in [5, 5.41) is 0. The number of nitrogens with zero attached hydrogens (tertiary/aromatic N) is 1. The van der Waals surface area contributed by atoms with E-state index in [0.29, 0.717) is 34.3 Å². The summed E-state index contributed by atoms with van der Waals surface area (Å²) in [4.78, 5) is 14.1. The van der Waals surface area contributed by atoms with E-state index < -0.39 is 12.1 Å². The number of benzene rings is 1. The minimum absolute atomic E-state index is 0.0739. The number of carbonyl (C=O) groups is 1. The molecule has 0 spiro atoms. The molecule has 0 bridgehead atoms. The van der Waals surface area contributed by atoms with E-state index in [1.807, 2.05) is 53.8 Å². The minimum atomic E-state index is -0.401. The first-order valence-electron chi connectivity index (χ1n) is 13.5. The van der Waals surface area contributed by atoms with Gasteiger partial charge in [-0.05, 0) is 49.7 Å². The number of carbonyl (C=O) groups excluding carboxylic acids is 1. The van der Waals surface area contributed by atoms with E-state index in [0.717, 1.165) is 35.2 Å². The molecule has 1 atom stereocenters. The lowest BCUT2D eigenvalue weighted by molar-refractivity contribution is -0.136. The van der Waals surface area contributed by atoms with Gasteiger partial charge >= 0.3 is 5.97 Å². The molecular weight excluding hydrogens is 516 g/mol. The van der Waals surface area contributed by atoms with Gasteiger partial charge in [-0.3, -0.25) is 4.90 Å². The standard InChI is InChI=1S/C24H26N2O7.C2H6O.2C2H6/c1-13-11-31-24(27)17(13)15(28-3)7-10-30-21-19-14(6-8-26(2)23(19)25)18(16-5-4-9-29-16)20-22(21)33-12-32-20;1-3-2;2*1-2/h4-5,7,9,23H,6,8,10-12,25H2,1-3H3;1-2H3;2*1-2H3/b15-7+;;;. The summed E-state index contributed by atoms with van der Waals surface area (Å²) < 4.78 is 38.4. The van der Waals surface area contributed by atoms with Gasteiger partial charge in [0.1, 0.15) is 30.3 Å². The van der Waals surface area contributed by atoms with Crippen molar-refractivity contribution >= 4 is 5.97 Å². The molecule has 0 amide bonds. The number of hydrogen-bond donors (Lipinski definition) is 1. The van der Waals surface area contributed by atoms with Gasteiger partial charge in [-0.1, -0.05) is 27.7 Å². The van der Waals surface area contributed by atoms with Crippen molar-refractivity contribution in [3.8, 4) is 28.6 Å². The molecule has 10 nitrogen and oxygen atoms in total. The molecule has 1 aromatic carbocycles. The Morgan fingerprint density at radius 1 is 1.12 bits per heavy atom. The molecule has 40 heavy (non-hydrogen) atoms. The SMILES string of the molecule is CC.CC.CO/C(=C/COc1c2c(c(-c3ccco3)c3c1C(N)N(C)CC3)OCO2)C1=C(C)COC1=O.COC. The second-order valence-corrected chi connectivity index (χ2v) is 8.54. The molecule has 1 unspecified atom stereocenters. The fourth-order valence-corrected chi connectivity index (χ4v) is 4.50. The van der Waals surface area contributed by atoms with Crippen molar-refractivity contribution in [2.75, 3.05) is 54.9 Å². The summed E-state index contributed by atoms with van der Waals surface area (Å²) in [6.07, 6.45) is 3.69. The van der Waals surface area contributed by atoms with Crippen LogP contribution in [0.4, 0.5) is 0 Å². The van der Waals surface area contributed by atoms with Crippen LogP contribution in [0.3, 0.4) is 0 Å². The summed E-state index contributed by atoms with van der Waals surface area (Å²) in [6, 6.07) is 3.73. The van der Waals surface area contributed by atoms with Gasteiger partial charge in [0.15, 0.2) is 11.5 Å². The third-order valence-corrected chi connectivity index (χ3v) is 6.18. The molecule has 0 aliphatic carbocycles. The highest BCUT2D eigenvalue weighted by molar-refractivity contribution is 5.95. The van der Waals surface area contributed by atoms with Crippen molar-refractivity contribution in [1.29, 1.82) is 0 Å². The van der Waals surface area contributed by atoms with Gasteiger partial charge < -0.3 is 38.6 Å². The number of rotatable bonds is 6. The lowest BCUT2D eigenvalue weighted by atomic mass is 9.89. The van der Waals surface area contributed by atoms with Gasteiger partial charge in [0.2, 0.25) is 12.5 Å². The molecule has 0 saturated heterocycles. The summed E-state index contributed by atoms with van der Waals surface area (Å²) in [7, 11) is 6.73. The van der Waals surface area contributed by atoms with Crippen LogP contribution >= 0.6 is 0 Å². The van der Waals surface area contributed by atoms with Crippen LogP contribution in [0.1, 0.15) is 51.9 Å². The molecule has 4 heterocycles. The Bertz CT molecular complexity index is 1170. The smallest absolute Gasteiger partial charge is 0.342 e. The van der Waals surface area contributed by atoms with Crippen molar-refractivity contribution in [3.05, 3.63) is 52.5 Å². The van der Waals surface area contributed by atoms with E-state index in [4.69, 9.17) is 33.8 Å². The van der Waals surface area contributed by atoms with Crippen LogP contribution in [0.5, 0.6) is 17.2 Å². The fourth-order valence-electron chi connectivity index (χ4n) is 4.50. The molecule has 2 N–H and O–H groups in total. The molecule has 5 rings (SSSR count). The largest absolute Gasteiger partial charge is 0.496 e. The Balaban J connectivity index is 0.000000737. The molecule has 3 aliphatic rings. The molecule has 2 aromatic rings. The maximum absolute atomic E-state index is 12.1. The van der Waals surface area contributed by atoms with Crippen LogP contribution in [-0.2, 0) is 25.4 Å². The third-order valence-electron chi connectivity index (χ3n) is 6.18. The average Bonchev–Trinajstić information content (AvgIpc) is 3.74. The van der Waals surface area contributed by atoms with Crippen LogP contribution < -0.4 is 19.9 Å². The number of methoxy groups -OCH3 is 2. The quantitative estimate of drug-likeness (QED) is 0.373. The number of furan rings is 1. The first-order chi connectivity index (χ1) is 19.4. The van der Waals surface area contributed by atoms with E-state index in [-0.39, 0.29) is 20.0 Å². The van der Waals surface area contributed by atoms with Crippen molar-refractivity contribution in [2.45, 2.75) is 47.2 Å². The predicted molar refractivity (Wildman–Crippen MR) is 153 cm³/mol. The Labute approximate surface area is 237 Å². The van der Waals surface area contributed by atoms with Crippen molar-refractivity contribution < 1.29 is 37.6 Å².